The lowest BCUT2D eigenvalue weighted by Crippen LogP contribution is -2.20. The molecule has 0 fully saturated rings. The van der Waals surface area contributed by atoms with Crippen LogP contribution in [0.5, 0.6) is 5.75 Å². The molecule has 0 bridgehead atoms. The van der Waals surface area contributed by atoms with Gasteiger partial charge in [-0.2, -0.15) is 22.9 Å². The Balaban J connectivity index is 1.62. The first-order valence-corrected chi connectivity index (χ1v) is 13.2. The SMILES string of the molecule is Cc1cccc(COc2c(Br)cc(Cl)cc2C=Nn2c(-c3cccc(C(F)(F)F)c3)nc3ccccc3c2=O)c1. The molecule has 10 heteroatoms. The Labute approximate surface area is 240 Å². The van der Waals surface area contributed by atoms with E-state index in [-0.39, 0.29) is 23.4 Å². The Kier molecular flexibility index (Phi) is 7.78. The molecule has 1 aromatic heterocycles. The van der Waals surface area contributed by atoms with Crippen LogP contribution in [0.15, 0.2) is 99.3 Å². The van der Waals surface area contributed by atoms with Crippen molar-refractivity contribution in [2.75, 3.05) is 0 Å². The molecule has 40 heavy (non-hydrogen) atoms. The number of aryl methyl sites for hydroxylation is 1. The molecule has 1 heterocycles. The van der Waals surface area contributed by atoms with E-state index >= 15 is 0 Å². The van der Waals surface area contributed by atoms with Gasteiger partial charge < -0.3 is 4.74 Å². The van der Waals surface area contributed by atoms with Crippen LogP contribution in [0, 0.1) is 6.92 Å². The number of alkyl halides is 3. The zero-order valence-electron chi connectivity index (χ0n) is 20.9. The molecule has 5 aromatic rings. The van der Waals surface area contributed by atoms with Gasteiger partial charge in [0.25, 0.3) is 5.56 Å². The monoisotopic (exact) mass is 625 g/mol. The second-order valence-electron chi connectivity index (χ2n) is 8.98. The van der Waals surface area contributed by atoms with Crippen molar-refractivity contribution >= 4 is 44.6 Å². The maximum atomic E-state index is 13.5. The van der Waals surface area contributed by atoms with E-state index in [4.69, 9.17) is 16.3 Å². The van der Waals surface area contributed by atoms with Crippen LogP contribution in [0.3, 0.4) is 0 Å². The minimum Gasteiger partial charge on any atom is -0.487 e. The van der Waals surface area contributed by atoms with E-state index < -0.39 is 17.3 Å². The molecule has 0 saturated heterocycles. The van der Waals surface area contributed by atoms with Crippen molar-refractivity contribution in [1.29, 1.82) is 0 Å². The smallest absolute Gasteiger partial charge is 0.416 e. The third-order valence-corrected chi connectivity index (χ3v) is 6.82. The Bertz CT molecular complexity index is 1820. The summed E-state index contributed by atoms with van der Waals surface area (Å²) in [6.07, 6.45) is -3.20. The molecular formula is C30H20BrClF3N3O2. The first kappa shape index (κ1) is 27.6. The van der Waals surface area contributed by atoms with E-state index in [9.17, 15) is 18.0 Å². The summed E-state index contributed by atoms with van der Waals surface area (Å²) in [6, 6.07) is 22.3. The van der Waals surface area contributed by atoms with Crippen molar-refractivity contribution in [1.82, 2.24) is 9.66 Å². The summed E-state index contributed by atoms with van der Waals surface area (Å²) in [5.41, 5.74) is 1.49. The van der Waals surface area contributed by atoms with Gasteiger partial charge in [0.15, 0.2) is 5.82 Å². The summed E-state index contributed by atoms with van der Waals surface area (Å²) in [5, 5.41) is 5.03. The van der Waals surface area contributed by atoms with Crippen LogP contribution in [0.1, 0.15) is 22.3 Å². The van der Waals surface area contributed by atoms with Crippen LogP contribution in [-0.2, 0) is 12.8 Å². The lowest BCUT2D eigenvalue weighted by Gasteiger charge is -2.14. The molecule has 0 saturated carbocycles. The number of para-hydroxylation sites is 1. The summed E-state index contributed by atoms with van der Waals surface area (Å²) in [6.45, 7) is 2.24. The zero-order chi connectivity index (χ0) is 28.4. The minimum atomic E-state index is -4.57. The van der Waals surface area contributed by atoms with Crippen molar-refractivity contribution in [3.05, 3.63) is 127 Å². The van der Waals surface area contributed by atoms with E-state index in [1.807, 2.05) is 31.2 Å². The van der Waals surface area contributed by atoms with Gasteiger partial charge in [-0.15, -0.1) is 0 Å². The summed E-state index contributed by atoms with van der Waals surface area (Å²) in [7, 11) is 0. The van der Waals surface area contributed by atoms with E-state index in [0.29, 0.717) is 26.3 Å². The minimum absolute atomic E-state index is 0.0469. The fraction of sp³-hybridized carbons (Fsp3) is 0.100. The number of ether oxygens (including phenoxy) is 1. The fourth-order valence-electron chi connectivity index (χ4n) is 4.16. The van der Waals surface area contributed by atoms with Gasteiger partial charge in [0.1, 0.15) is 12.4 Å². The molecule has 0 aliphatic rings. The van der Waals surface area contributed by atoms with Gasteiger partial charge in [-0.1, -0.05) is 65.7 Å². The van der Waals surface area contributed by atoms with Gasteiger partial charge in [-0.3, -0.25) is 4.79 Å². The third kappa shape index (κ3) is 5.95. The van der Waals surface area contributed by atoms with Gasteiger partial charge in [0.2, 0.25) is 0 Å². The van der Waals surface area contributed by atoms with Crippen molar-refractivity contribution < 1.29 is 17.9 Å². The highest BCUT2D eigenvalue weighted by Gasteiger charge is 2.31. The molecule has 0 aliphatic carbocycles. The van der Waals surface area contributed by atoms with Crippen LogP contribution in [0.2, 0.25) is 5.02 Å². The first-order valence-electron chi connectivity index (χ1n) is 12.0. The quantitative estimate of drug-likeness (QED) is 0.178. The molecule has 0 atom stereocenters. The molecule has 0 radical (unpaired) electrons. The van der Waals surface area contributed by atoms with Gasteiger partial charge in [0, 0.05) is 16.1 Å². The predicted molar refractivity (Wildman–Crippen MR) is 154 cm³/mol. The summed E-state index contributed by atoms with van der Waals surface area (Å²) < 4.78 is 48.1. The third-order valence-electron chi connectivity index (χ3n) is 6.02. The number of hydrogen-bond acceptors (Lipinski definition) is 4. The summed E-state index contributed by atoms with van der Waals surface area (Å²) >= 11 is 9.78. The van der Waals surface area contributed by atoms with Crippen LogP contribution < -0.4 is 10.3 Å². The average molecular weight is 627 g/mol. The highest BCUT2D eigenvalue weighted by atomic mass is 79.9. The van der Waals surface area contributed by atoms with Gasteiger partial charge in [-0.05, 0) is 64.8 Å². The molecule has 4 aromatic carbocycles. The van der Waals surface area contributed by atoms with Crippen LogP contribution in [0.4, 0.5) is 13.2 Å². The maximum absolute atomic E-state index is 13.5. The molecule has 0 aliphatic heterocycles. The topological polar surface area (TPSA) is 56.5 Å². The molecule has 5 nitrogen and oxygen atoms in total. The second-order valence-corrected chi connectivity index (χ2v) is 10.3. The Morgan fingerprint density at radius 3 is 2.58 bits per heavy atom. The average Bonchev–Trinajstić information content (AvgIpc) is 2.91. The number of hydrogen-bond donors (Lipinski definition) is 0. The predicted octanol–water partition coefficient (Wildman–Crippen LogP) is 8.27. The number of nitrogens with zero attached hydrogens (tertiary/aromatic N) is 3. The largest absolute Gasteiger partial charge is 0.487 e. The Hall–Kier alpha value is -3.95. The standard InChI is InChI=1S/C30H20BrClF3N3O2/c1-18-6-4-7-19(12-18)17-40-27-21(14-23(32)15-25(27)31)16-36-38-28(20-8-5-9-22(13-20)30(33,34)35)37-26-11-3-2-10-24(26)29(38)39/h2-16H,17H2,1H3. The molecular weight excluding hydrogens is 607 g/mol. The Morgan fingerprint density at radius 2 is 1.80 bits per heavy atom. The second kappa shape index (κ2) is 11.3. The lowest BCUT2D eigenvalue weighted by atomic mass is 10.1. The molecule has 5 rings (SSSR count). The van der Waals surface area contributed by atoms with Gasteiger partial charge in [-0.25, -0.2) is 4.98 Å². The highest BCUT2D eigenvalue weighted by molar-refractivity contribution is 9.10. The maximum Gasteiger partial charge on any atom is 0.416 e. The van der Waals surface area contributed by atoms with Gasteiger partial charge >= 0.3 is 6.18 Å². The number of aromatic nitrogens is 2. The molecule has 0 unspecified atom stereocenters. The van der Waals surface area contributed by atoms with E-state index in [1.54, 1.807) is 36.4 Å². The summed E-state index contributed by atoms with van der Waals surface area (Å²) in [5.74, 6) is 0.381. The van der Waals surface area contributed by atoms with E-state index in [1.165, 1.54) is 18.3 Å². The molecule has 0 spiro atoms. The number of rotatable bonds is 6. The van der Waals surface area contributed by atoms with Crippen molar-refractivity contribution in [2.24, 2.45) is 5.10 Å². The van der Waals surface area contributed by atoms with Crippen LogP contribution in [0.25, 0.3) is 22.3 Å². The Morgan fingerprint density at radius 1 is 1.02 bits per heavy atom. The fourth-order valence-corrected chi connectivity index (χ4v) is 5.11. The van der Waals surface area contributed by atoms with Gasteiger partial charge in [0.05, 0.1) is 27.2 Å². The van der Waals surface area contributed by atoms with Crippen molar-refractivity contribution in [2.45, 2.75) is 19.7 Å². The van der Waals surface area contributed by atoms with Crippen LogP contribution >= 0.6 is 27.5 Å². The number of halogens is 5. The van der Waals surface area contributed by atoms with Crippen molar-refractivity contribution in [3.8, 4) is 17.1 Å². The van der Waals surface area contributed by atoms with E-state index in [0.717, 1.165) is 27.9 Å². The van der Waals surface area contributed by atoms with Crippen LogP contribution in [-0.4, -0.2) is 15.9 Å². The van der Waals surface area contributed by atoms with E-state index in [2.05, 4.69) is 26.0 Å². The van der Waals surface area contributed by atoms with Crippen molar-refractivity contribution in [3.63, 3.8) is 0 Å². The number of benzene rings is 4. The summed E-state index contributed by atoms with van der Waals surface area (Å²) in [4.78, 5) is 18.0. The normalized spacial score (nSPS) is 11.8. The highest BCUT2D eigenvalue weighted by Crippen LogP contribution is 2.34. The molecule has 0 amide bonds. The zero-order valence-corrected chi connectivity index (χ0v) is 23.3. The number of fused-ring (bicyclic) bond motifs is 1. The molecule has 0 N–H and O–H groups in total. The lowest BCUT2D eigenvalue weighted by molar-refractivity contribution is -0.137. The molecule has 202 valence electrons. The first-order chi connectivity index (χ1) is 19.1.